The van der Waals surface area contributed by atoms with Gasteiger partial charge in [-0.15, -0.1) is 8.78 Å². The van der Waals surface area contributed by atoms with E-state index >= 15 is 0 Å². The number of rotatable bonds is 9. The van der Waals surface area contributed by atoms with Gasteiger partial charge in [-0.2, -0.15) is 0 Å². The fourth-order valence-electron chi connectivity index (χ4n) is 2.94. The van der Waals surface area contributed by atoms with Crippen molar-refractivity contribution in [2.45, 2.75) is 31.4 Å². The fraction of sp³-hybridized carbons (Fsp3) is 0.250. The summed E-state index contributed by atoms with van der Waals surface area (Å²) in [7, 11) is 0. The summed E-state index contributed by atoms with van der Waals surface area (Å²) in [5.74, 6) is 1.52. The summed E-state index contributed by atoms with van der Waals surface area (Å²) in [6.07, 6.45) is 0. The van der Waals surface area contributed by atoms with Crippen molar-refractivity contribution in [3.05, 3.63) is 90.0 Å². The molecule has 0 radical (unpaired) electrons. The molecular formula is C24H23ClF2O3. The normalized spacial score (nSPS) is 11.9. The molecule has 0 aromatic heterocycles. The van der Waals surface area contributed by atoms with Gasteiger partial charge in [0.15, 0.2) is 0 Å². The van der Waals surface area contributed by atoms with Gasteiger partial charge in [0, 0.05) is 17.0 Å². The summed E-state index contributed by atoms with van der Waals surface area (Å²) in [5.41, 5.74) is -2.11. The summed E-state index contributed by atoms with van der Waals surface area (Å²) < 4.78 is 41.6. The van der Waals surface area contributed by atoms with Crippen molar-refractivity contribution in [1.29, 1.82) is 0 Å². The van der Waals surface area contributed by atoms with Crippen LogP contribution in [0.15, 0.2) is 78.9 Å². The molecule has 0 heterocycles. The minimum absolute atomic E-state index is 0.00528. The highest BCUT2D eigenvalue weighted by Gasteiger charge is 2.28. The number of ether oxygens (including phenoxy) is 3. The number of para-hydroxylation sites is 1. The smallest absolute Gasteiger partial charge is 0.457 e. The molecule has 0 saturated heterocycles. The number of halogens is 3. The van der Waals surface area contributed by atoms with E-state index in [2.05, 4.69) is 4.74 Å². The van der Waals surface area contributed by atoms with E-state index in [1.54, 1.807) is 12.1 Å². The van der Waals surface area contributed by atoms with Crippen molar-refractivity contribution in [3.8, 4) is 17.2 Å². The molecule has 3 aromatic carbocycles. The first-order chi connectivity index (χ1) is 14.2. The Hall–Kier alpha value is -2.63. The van der Waals surface area contributed by atoms with Gasteiger partial charge in [-0.25, -0.2) is 0 Å². The molecule has 0 bridgehead atoms. The van der Waals surface area contributed by atoms with Gasteiger partial charge in [0.2, 0.25) is 0 Å². The average Bonchev–Trinajstić information content (AvgIpc) is 2.68. The molecule has 3 aromatic rings. The third-order valence-electron chi connectivity index (χ3n) is 4.48. The minimum Gasteiger partial charge on any atom is -0.457 e. The molecule has 0 N–H and O–H groups in total. The van der Waals surface area contributed by atoms with E-state index in [9.17, 15) is 8.78 Å². The quantitative estimate of drug-likeness (QED) is 0.336. The molecule has 0 aliphatic rings. The molecule has 0 amide bonds. The lowest BCUT2D eigenvalue weighted by molar-refractivity contribution is -0.0964. The van der Waals surface area contributed by atoms with E-state index < -0.39 is 5.57 Å². The van der Waals surface area contributed by atoms with Crippen LogP contribution < -0.4 is 9.47 Å². The van der Waals surface area contributed by atoms with Gasteiger partial charge in [-0.05, 0) is 47.5 Å². The molecule has 0 unspecified atom stereocenters. The highest BCUT2D eigenvalue weighted by atomic mass is 35.5. The van der Waals surface area contributed by atoms with Crippen LogP contribution in [-0.2, 0) is 16.8 Å². The van der Waals surface area contributed by atoms with Gasteiger partial charge < -0.3 is 14.2 Å². The number of hydrogen-bond donors (Lipinski definition) is 0. The first-order valence-corrected chi connectivity index (χ1v) is 9.85. The monoisotopic (exact) mass is 432 g/mol. The van der Waals surface area contributed by atoms with Gasteiger partial charge in [0.1, 0.15) is 17.2 Å². The van der Waals surface area contributed by atoms with Crippen LogP contribution in [0.3, 0.4) is 0 Å². The van der Waals surface area contributed by atoms with Crippen LogP contribution in [0.1, 0.15) is 25.0 Å². The molecule has 0 aliphatic carbocycles. The summed E-state index contributed by atoms with van der Waals surface area (Å²) in [6, 6.07) is 23.7. The van der Waals surface area contributed by atoms with E-state index in [0.29, 0.717) is 13.2 Å². The van der Waals surface area contributed by atoms with Crippen LogP contribution in [0.25, 0.3) is 0 Å². The molecule has 0 spiro atoms. The molecule has 3 rings (SSSR count). The summed E-state index contributed by atoms with van der Waals surface area (Å²) >= 11 is 4.80. The van der Waals surface area contributed by atoms with Crippen LogP contribution in [0.2, 0.25) is 0 Å². The Morgan fingerprint density at radius 3 is 2.13 bits per heavy atom. The van der Waals surface area contributed by atoms with Crippen LogP contribution in [0.4, 0.5) is 8.78 Å². The van der Waals surface area contributed by atoms with Crippen LogP contribution in [-0.4, -0.2) is 12.2 Å². The Balaban J connectivity index is 1.55. The van der Waals surface area contributed by atoms with Crippen molar-refractivity contribution in [3.63, 3.8) is 0 Å². The standard InChI is InChI=1S/C24H23ClF2O3/c1-23(2,19-11-13-21(14-12-19)30-24(25,26)27)17-28-16-18-7-6-10-22(15-18)29-20-8-4-3-5-9-20/h3-15H,16-17H2,1-2H3. The Morgan fingerprint density at radius 2 is 1.47 bits per heavy atom. The Bertz CT molecular complexity index is 939. The first kappa shape index (κ1) is 22.1. The maximum atomic E-state index is 12.7. The Labute approximate surface area is 180 Å². The topological polar surface area (TPSA) is 27.7 Å². The maximum absolute atomic E-state index is 12.7. The molecule has 0 aliphatic heterocycles. The van der Waals surface area contributed by atoms with E-state index in [1.165, 1.54) is 12.1 Å². The molecular weight excluding hydrogens is 410 g/mol. The van der Waals surface area contributed by atoms with E-state index in [-0.39, 0.29) is 11.2 Å². The number of alkyl halides is 3. The molecule has 0 atom stereocenters. The van der Waals surface area contributed by atoms with Crippen molar-refractivity contribution in [2.75, 3.05) is 6.61 Å². The molecule has 0 fully saturated rings. The molecule has 158 valence electrons. The Morgan fingerprint density at radius 1 is 0.800 bits per heavy atom. The number of benzene rings is 3. The molecule has 6 heteroatoms. The summed E-state index contributed by atoms with van der Waals surface area (Å²) in [4.78, 5) is 0. The van der Waals surface area contributed by atoms with Gasteiger partial charge >= 0.3 is 5.57 Å². The SMILES string of the molecule is CC(C)(COCc1cccc(Oc2ccccc2)c1)c1ccc(OC(F)(F)Cl)cc1. The zero-order chi connectivity index (χ0) is 21.6. The lowest BCUT2D eigenvalue weighted by atomic mass is 9.85. The van der Waals surface area contributed by atoms with Gasteiger partial charge in [0.25, 0.3) is 0 Å². The Kier molecular flexibility index (Phi) is 6.95. The van der Waals surface area contributed by atoms with Crippen molar-refractivity contribution >= 4 is 11.6 Å². The van der Waals surface area contributed by atoms with Crippen molar-refractivity contribution in [1.82, 2.24) is 0 Å². The second-order valence-electron chi connectivity index (χ2n) is 7.51. The largest absolute Gasteiger partial charge is 0.487 e. The minimum atomic E-state index is -3.72. The summed E-state index contributed by atoms with van der Waals surface area (Å²) in [6.45, 7) is 4.92. The third kappa shape index (κ3) is 6.71. The fourth-order valence-corrected chi connectivity index (χ4v) is 3.03. The second-order valence-corrected chi connectivity index (χ2v) is 7.95. The lowest BCUT2D eigenvalue weighted by Crippen LogP contribution is -2.24. The maximum Gasteiger partial charge on any atom is 0.487 e. The van der Waals surface area contributed by atoms with Crippen LogP contribution >= 0.6 is 11.6 Å². The molecule has 3 nitrogen and oxygen atoms in total. The predicted octanol–water partition coefficient (Wildman–Crippen LogP) is 7.14. The van der Waals surface area contributed by atoms with Crippen LogP contribution in [0, 0.1) is 0 Å². The van der Waals surface area contributed by atoms with Gasteiger partial charge in [-0.3, -0.25) is 0 Å². The predicted molar refractivity (Wildman–Crippen MR) is 114 cm³/mol. The van der Waals surface area contributed by atoms with E-state index in [4.69, 9.17) is 21.1 Å². The summed E-state index contributed by atoms with van der Waals surface area (Å²) in [5, 5.41) is 0. The average molecular weight is 433 g/mol. The van der Waals surface area contributed by atoms with Crippen molar-refractivity contribution < 1.29 is 23.0 Å². The first-order valence-electron chi connectivity index (χ1n) is 9.47. The van der Waals surface area contributed by atoms with E-state index in [0.717, 1.165) is 22.6 Å². The van der Waals surface area contributed by atoms with Crippen molar-refractivity contribution in [2.24, 2.45) is 0 Å². The molecule has 30 heavy (non-hydrogen) atoms. The highest BCUT2D eigenvalue weighted by molar-refractivity contribution is 6.20. The molecule has 0 saturated carbocycles. The zero-order valence-corrected chi connectivity index (χ0v) is 17.5. The third-order valence-corrected chi connectivity index (χ3v) is 4.56. The zero-order valence-electron chi connectivity index (χ0n) is 16.8. The lowest BCUT2D eigenvalue weighted by Gasteiger charge is -2.25. The van der Waals surface area contributed by atoms with Crippen LogP contribution in [0.5, 0.6) is 17.2 Å². The van der Waals surface area contributed by atoms with Gasteiger partial charge in [-0.1, -0.05) is 56.3 Å². The highest BCUT2D eigenvalue weighted by Crippen LogP contribution is 2.29. The van der Waals surface area contributed by atoms with Gasteiger partial charge in [0.05, 0.1) is 13.2 Å². The number of hydrogen-bond acceptors (Lipinski definition) is 3. The second kappa shape index (κ2) is 9.45. The van der Waals surface area contributed by atoms with E-state index in [1.807, 2.05) is 68.4 Å².